The molecule has 0 saturated heterocycles. The Balaban J connectivity index is 1.89. The highest BCUT2D eigenvalue weighted by atomic mass is 15.4. The lowest BCUT2D eigenvalue weighted by molar-refractivity contribution is 0.431. The number of anilines is 1. The summed E-state index contributed by atoms with van der Waals surface area (Å²) in [5, 5.41) is 0. The summed E-state index contributed by atoms with van der Waals surface area (Å²) >= 11 is 0. The topological polar surface area (TPSA) is 90.9 Å². The fourth-order valence-corrected chi connectivity index (χ4v) is 2.46. The number of rotatable bonds is 3. The predicted molar refractivity (Wildman–Crippen MR) is 83.4 cm³/mol. The van der Waals surface area contributed by atoms with Crippen LogP contribution in [0.5, 0.6) is 0 Å². The Bertz CT molecular complexity index is 632. The molecule has 2 aliphatic rings. The third-order valence-corrected chi connectivity index (χ3v) is 3.55. The van der Waals surface area contributed by atoms with Gasteiger partial charge >= 0.3 is 0 Å². The number of aromatic nitrogens is 1. The molecule has 7 nitrogen and oxygen atoms in total. The van der Waals surface area contributed by atoms with E-state index in [9.17, 15) is 0 Å². The maximum atomic E-state index is 5.95. The normalized spacial score (nSPS) is 20.1. The second-order valence-corrected chi connectivity index (χ2v) is 4.96. The summed E-state index contributed by atoms with van der Waals surface area (Å²) in [6.45, 7) is 5.50. The van der Waals surface area contributed by atoms with Crippen molar-refractivity contribution in [1.29, 1.82) is 0 Å². The number of hydrazine groups is 1. The lowest BCUT2D eigenvalue weighted by Crippen LogP contribution is -2.40. The van der Waals surface area contributed by atoms with E-state index < -0.39 is 0 Å². The second kappa shape index (κ2) is 5.53. The molecular formula is C14H19N7. The van der Waals surface area contributed by atoms with Crippen LogP contribution >= 0.6 is 0 Å². The monoisotopic (exact) mass is 285 g/mol. The Kier molecular flexibility index (Phi) is 3.57. The van der Waals surface area contributed by atoms with Crippen LogP contribution in [0.25, 0.3) is 0 Å². The standard InChI is InChI=1S/C14H19N7/c1-3-21(8-10-5-4-6-16-12(10)15)14-11-7-17-20-13(11)18-9(2)19-14/h4-7,13,17,20H,3,8H2,1-2H3,(H2,15,16). The summed E-state index contributed by atoms with van der Waals surface area (Å²) in [5.41, 5.74) is 14.1. The zero-order chi connectivity index (χ0) is 14.8. The van der Waals surface area contributed by atoms with Gasteiger partial charge in [-0.15, -0.1) is 0 Å². The van der Waals surface area contributed by atoms with Crippen LogP contribution < -0.4 is 16.6 Å². The quantitative estimate of drug-likeness (QED) is 0.758. The van der Waals surface area contributed by atoms with Gasteiger partial charge in [0.1, 0.15) is 23.7 Å². The van der Waals surface area contributed by atoms with E-state index in [1.54, 1.807) is 6.20 Å². The number of fused-ring (bicyclic) bond motifs is 1. The molecule has 0 bridgehead atoms. The zero-order valence-electron chi connectivity index (χ0n) is 12.2. The van der Waals surface area contributed by atoms with E-state index in [1.165, 1.54) is 0 Å². The van der Waals surface area contributed by atoms with Gasteiger partial charge in [0.05, 0.1) is 5.57 Å². The Labute approximate surface area is 123 Å². The molecule has 1 atom stereocenters. The summed E-state index contributed by atoms with van der Waals surface area (Å²) in [6.07, 6.45) is 3.54. The van der Waals surface area contributed by atoms with Gasteiger partial charge in [0.25, 0.3) is 0 Å². The van der Waals surface area contributed by atoms with Gasteiger partial charge in [-0.1, -0.05) is 6.07 Å². The number of nitrogen functional groups attached to an aromatic ring is 1. The van der Waals surface area contributed by atoms with Crippen molar-refractivity contribution >= 4 is 17.5 Å². The number of hydrogen-bond donors (Lipinski definition) is 3. The molecule has 3 heterocycles. The highest BCUT2D eigenvalue weighted by Crippen LogP contribution is 2.20. The minimum Gasteiger partial charge on any atom is -0.383 e. The van der Waals surface area contributed by atoms with Crippen molar-refractivity contribution in [1.82, 2.24) is 20.7 Å². The third-order valence-electron chi connectivity index (χ3n) is 3.55. The molecule has 0 amide bonds. The molecule has 1 unspecified atom stereocenters. The zero-order valence-corrected chi connectivity index (χ0v) is 12.2. The lowest BCUT2D eigenvalue weighted by atomic mass is 10.1. The van der Waals surface area contributed by atoms with E-state index in [1.807, 2.05) is 25.3 Å². The largest absolute Gasteiger partial charge is 0.383 e. The Hall–Kier alpha value is -2.41. The van der Waals surface area contributed by atoms with Gasteiger partial charge in [0.2, 0.25) is 0 Å². The fraction of sp³-hybridized carbons (Fsp3) is 0.357. The molecule has 21 heavy (non-hydrogen) atoms. The van der Waals surface area contributed by atoms with Crippen molar-refractivity contribution < 1.29 is 0 Å². The third kappa shape index (κ3) is 2.59. The van der Waals surface area contributed by atoms with Gasteiger partial charge in [0, 0.05) is 31.0 Å². The molecule has 0 spiro atoms. The molecule has 1 aromatic rings. The molecule has 4 N–H and O–H groups in total. The summed E-state index contributed by atoms with van der Waals surface area (Å²) in [6, 6.07) is 3.89. The molecule has 7 heteroatoms. The van der Waals surface area contributed by atoms with Gasteiger partial charge in [-0.25, -0.2) is 20.4 Å². The van der Waals surface area contributed by atoms with Crippen molar-refractivity contribution in [3.8, 4) is 0 Å². The van der Waals surface area contributed by atoms with Gasteiger partial charge in [-0.05, 0) is 19.9 Å². The van der Waals surface area contributed by atoms with E-state index in [2.05, 4.69) is 37.6 Å². The molecule has 110 valence electrons. The van der Waals surface area contributed by atoms with Crippen LogP contribution in [0.15, 0.2) is 40.1 Å². The van der Waals surface area contributed by atoms with E-state index in [-0.39, 0.29) is 6.17 Å². The first-order valence-corrected chi connectivity index (χ1v) is 6.98. The van der Waals surface area contributed by atoms with Gasteiger partial charge in [-0.3, -0.25) is 0 Å². The van der Waals surface area contributed by atoms with Crippen molar-refractivity contribution in [2.45, 2.75) is 26.6 Å². The van der Waals surface area contributed by atoms with Crippen molar-refractivity contribution in [3.63, 3.8) is 0 Å². The minimum absolute atomic E-state index is 0.0715. The van der Waals surface area contributed by atoms with Crippen LogP contribution in [0.3, 0.4) is 0 Å². The smallest absolute Gasteiger partial charge is 0.148 e. The predicted octanol–water partition coefficient (Wildman–Crippen LogP) is 0.634. The minimum atomic E-state index is -0.0715. The lowest BCUT2D eigenvalue weighted by Gasteiger charge is -2.29. The SMILES string of the molecule is CCN(Cc1cccnc1N)C1=NC(C)=NC2NNC=C12. The molecule has 3 rings (SSSR count). The Morgan fingerprint density at radius 1 is 1.43 bits per heavy atom. The molecule has 0 saturated carbocycles. The summed E-state index contributed by atoms with van der Waals surface area (Å²) in [7, 11) is 0. The number of aliphatic imine (C=N–C) groups is 2. The van der Waals surface area contributed by atoms with Gasteiger partial charge in [0.15, 0.2) is 0 Å². The van der Waals surface area contributed by atoms with E-state index in [0.717, 1.165) is 29.4 Å². The number of nitrogens with zero attached hydrogens (tertiary/aromatic N) is 4. The Morgan fingerprint density at radius 3 is 3.05 bits per heavy atom. The van der Waals surface area contributed by atoms with Crippen LogP contribution in [0.1, 0.15) is 19.4 Å². The average Bonchev–Trinajstić information content (AvgIpc) is 2.94. The number of amidine groups is 2. The highest BCUT2D eigenvalue weighted by molar-refractivity contribution is 6.08. The average molecular weight is 285 g/mol. The summed E-state index contributed by atoms with van der Waals surface area (Å²) in [4.78, 5) is 15.4. The first-order chi connectivity index (χ1) is 10.2. The van der Waals surface area contributed by atoms with Gasteiger partial charge < -0.3 is 16.1 Å². The highest BCUT2D eigenvalue weighted by Gasteiger charge is 2.29. The van der Waals surface area contributed by atoms with Crippen LogP contribution in [-0.2, 0) is 6.54 Å². The molecular weight excluding hydrogens is 266 g/mol. The van der Waals surface area contributed by atoms with Crippen LogP contribution in [0, 0.1) is 0 Å². The number of pyridine rings is 1. The number of nitrogens with one attached hydrogen (secondary N) is 2. The fourth-order valence-electron chi connectivity index (χ4n) is 2.46. The van der Waals surface area contributed by atoms with Crippen LogP contribution in [-0.4, -0.2) is 34.3 Å². The van der Waals surface area contributed by atoms with Crippen molar-refractivity contribution in [2.75, 3.05) is 12.3 Å². The molecule has 0 aliphatic carbocycles. The maximum absolute atomic E-state index is 5.95. The van der Waals surface area contributed by atoms with Crippen molar-refractivity contribution in [3.05, 3.63) is 35.7 Å². The molecule has 2 aliphatic heterocycles. The summed E-state index contributed by atoms with van der Waals surface area (Å²) in [5.74, 6) is 2.25. The summed E-state index contributed by atoms with van der Waals surface area (Å²) < 4.78 is 0. The first-order valence-electron chi connectivity index (χ1n) is 6.98. The van der Waals surface area contributed by atoms with Crippen LogP contribution in [0.4, 0.5) is 5.82 Å². The second-order valence-electron chi connectivity index (χ2n) is 4.96. The van der Waals surface area contributed by atoms with Crippen molar-refractivity contribution in [2.24, 2.45) is 9.98 Å². The van der Waals surface area contributed by atoms with E-state index in [4.69, 9.17) is 5.73 Å². The number of hydrogen-bond acceptors (Lipinski definition) is 7. The molecule has 0 radical (unpaired) electrons. The first kappa shape index (κ1) is 13.6. The maximum Gasteiger partial charge on any atom is 0.148 e. The Morgan fingerprint density at radius 2 is 2.29 bits per heavy atom. The van der Waals surface area contributed by atoms with E-state index in [0.29, 0.717) is 12.4 Å². The molecule has 0 fully saturated rings. The van der Waals surface area contributed by atoms with Gasteiger partial charge in [-0.2, -0.15) is 0 Å². The molecule has 1 aromatic heterocycles. The van der Waals surface area contributed by atoms with E-state index >= 15 is 0 Å². The van der Waals surface area contributed by atoms with Crippen LogP contribution in [0.2, 0.25) is 0 Å². The number of likely N-dealkylation sites (N-methyl/N-ethyl adjacent to an activating group) is 1. The molecule has 0 aromatic carbocycles. The number of nitrogens with two attached hydrogens (primary N) is 1.